The molecule has 1 saturated carbocycles. The highest BCUT2D eigenvalue weighted by atomic mass is 32.2. The normalized spacial score (nSPS) is 27.0. The van der Waals surface area contributed by atoms with Crippen molar-refractivity contribution in [3.63, 3.8) is 0 Å². The molecule has 0 amide bonds. The van der Waals surface area contributed by atoms with Crippen LogP contribution in [0.15, 0.2) is 0 Å². The zero-order valence-electron chi connectivity index (χ0n) is 12.5. The fourth-order valence-electron chi connectivity index (χ4n) is 3.29. The van der Waals surface area contributed by atoms with Crippen molar-refractivity contribution in [1.82, 2.24) is 9.03 Å². The number of nitrogens with one attached hydrogen (secondary N) is 1. The van der Waals surface area contributed by atoms with Crippen molar-refractivity contribution in [3.05, 3.63) is 0 Å². The minimum atomic E-state index is -3.70. The summed E-state index contributed by atoms with van der Waals surface area (Å²) < 4.78 is 28.9. The van der Waals surface area contributed by atoms with E-state index in [0.29, 0.717) is 13.0 Å². The maximum absolute atomic E-state index is 12.5. The third kappa shape index (κ3) is 4.66. The summed E-state index contributed by atoms with van der Waals surface area (Å²) in [6.07, 6.45) is 9.22. The van der Waals surface area contributed by atoms with Gasteiger partial charge in [-0.2, -0.15) is 17.4 Å². The van der Waals surface area contributed by atoms with Gasteiger partial charge >= 0.3 is 5.97 Å². The number of carboxylic acids is 1. The molecule has 0 radical (unpaired) electrons. The zero-order chi connectivity index (χ0) is 15.3. The highest BCUT2D eigenvalue weighted by Crippen LogP contribution is 2.22. The zero-order valence-corrected chi connectivity index (χ0v) is 13.3. The van der Waals surface area contributed by atoms with Crippen molar-refractivity contribution in [2.24, 2.45) is 0 Å². The molecule has 0 aromatic rings. The van der Waals surface area contributed by atoms with Crippen LogP contribution < -0.4 is 4.72 Å². The minimum Gasteiger partial charge on any atom is -0.480 e. The molecule has 7 heteroatoms. The van der Waals surface area contributed by atoms with Gasteiger partial charge in [0.25, 0.3) is 10.2 Å². The highest BCUT2D eigenvalue weighted by Gasteiger charge is 2.37. The summed E-state index contributed by atoms with van der Waals surface area (Å²) in [7, 11) is -3.70. The lowest BCUT2D eigenvalue weighted by atomic mass is 9.97. The number of hydrogen-bond acceptors (Lipinski definition) is 3. The van der Waals surface area contributed by atoms with Gasteiger partial charge in [-0.3, -0.25) is 4.79 Å². The second-order valence-corrected chi connectivity index (χ2v) is 7.78. The molecular formula is C14H26N2O4S. The molecule has 0 aromatic carbocycles. The van der Waals surface area contributed by atoms with Crippen LogP contribution in [0.1, 0.15) is 64.2 Å². The summed E-state index contributed by atoms with van der Waals surface area (Å²) in [5.41, 5.74) is 0. The van der Waals surface area contributed by atoms with E-state index in [9.17, 15) is 18.3 Å². The van der Waals surface area contributed by atoms with E-state index in [-0.39, 0.29) is 6.04 Å². The van der Waals surface area contributed by atoms with Gasteiger partial charge in [-0.15, -0.1) is 0 Å². The molecule has 1 aliphatic carbocycles. The van der Waals surface area contributed by atoms with Crippen molar-refractivity contribution in [2.75, 3.05) is 6.54 Å². The first-order valence-electron chi connectivity index (χ1n) is 8.02. The van der Waals surface area contributed by atoms with Crippen molar-refractivity contribution in [3.8, 4) is 0 Å². The smallest absolute Gasteiger partial charge is 0.322 e. The Morgan fingerprint density at radius 3 is 2.14 bits per heavy atom. The summed E-state index contributed by atoms with van der Waals surface area (Å²) in [6, 6.07) is -0.962. The fourth-order valence-corrected chi connectivity index (χ4v) is 4.98. The lowest BCUT2D eigenvalue weighted by molar-refractivity contribution is -0.142. The monoisotopic (exact) mass is 318 g/mol. The van der Waals surface area contributed by atoms with Gasteiger partial charge in [-0.05, 0) is 32.1 Å². The SMILES string of the molecule is O=C(O)C1CCCCN1S(=O)(=O)NC1CCCCCCC1. The van der Waals surface area contributed by atoms with Crippen LogP contribution in [0.5, 0.6) is 0 Å². The Morgan fingerprint density at radius 1 is 0.952 bits per heavy atom. The molecule has 122 valence electrons. The Morgan fingerprint density at radius 2 is 1.52 bits per heavy atom. The summed E-state index contributed by atoms with van der Waals surface area (Å²) >= 11 is 0. The van der Waals surface area contributed by atoms with Gasteiger partial charge < -0.3 is 5.11 Å². The Bertz CT molecular complexity index is 444. The quantitative estimate of drug-likeness (QED) is 0.828. The van der Waals surface area contributed by atoms with E-state index in [1.807, 2.05) is 0 Å². The van der Waals surface area contributed by atoms with Crippen molar-refractivity contribution < 1.29 is 18.3 Å². The Hall–Kier alpha value is -0.660. The third-order valence-corrected chi connectivity index (χ3v) is 6.15. The van der Waals surface area contributed by atoms with Crippen molar-refractivity contribution >= 4 is 16.2 Å². The summed E-state index contributed by atoms with van der Waals surface area (Å²) in [5.74, 6) is -1.04. The fraction of sp³-hybridized carbons (Fsp3) is 0.929. The van der Waals surface area contributed by atoms with Gasteiger partial charge in [-0.1, -0.05) is 32.1 Å². The van der Waals surface area contributed by atoms with Crippen molar-refractivity contribution in [1.29, 1.82) is 0 Å². The van der Waals surface area contributed by atoms with Gasteiger partial charge in [0.05, 0.1) is 0 Å². The molecule has 2 fully saturated rings. The third-order valence-electron chi connectivity index (χ3n) is 4.47. The second kappa shape index (κ2) is 7.56. The van der Waals surface area contributed by atoms with Crippen LogP contribution >= 0.6 is 0 Å². The summed E-state index contributed by atoms with van der Waals surface area (Å²) in [4.78, 5) is 11.3. The molecule has 0 aromatic heterocycles. The molecule has 2 aliphatic rings. The molecule has 0 spiro atoms. The largest absolute Gasteiger partial charge is 0.480 e. The number of hydrogen-bond donors (Lipinski definition) is 2. The van der Waals surface area contributed by atoms with E-state index in [0.717, 1.165) is 55.7 Å². The van der Waals surface area contributed by atoms with Crippen molar-refractivity contribution in [2.45, 2.75) is 76.3 Å². The lowest BCUT2D eigenvalue weighted by Gasteiger charge is -2.33. The van der Waals surface area contributed by atoms with E-state index >= 15 is 0 Å². The Kier molecular flexibility index (Phi) is 6.01. The number of rotatable bonds is 4. The average Bonchev–Trinajstić information content (AvgIpc) is 2.41. The van der Waals surface area contributed by atoms with E-state index in [1.165, 1.54) is 6.42 Å². The molecule has 2 rings (SSSR count). The Balaban J connectivity index is 2.03. The molecule has 0 bridgehead atoms. The van der Waals surface area contributed by atoms with E-state index in [4.69, 9.17) is 0 Å². The number of carboxylic acid groups (broad SMARTS) is 1. The predicted octanol–water partition coefficient (Wildman–Crippen LogP) is 1.87. The minimum absolute atomic E-state index is 0.0494. The molecule has 21 heavy (non-hydrogen) atoms. The van der Waals surface area contributed by atoms with Crippen LogP contribution in [0, 0.1) is 0 Å². The van der Waals surface area contributed by atoms with E-state index in [1.54, 1.807) is 0 Å². The average molecular weight is 318 g/mol. The molecule has 1 heterocycles. The van der Waals surface area contributed by atoms with Gasteiger partial charge in [0, 0.05) is 12.6 Å². The maximum atomic E-state index is 12.5. The molecule has 6 nitrogen and oxygen atoms in total. The van der Waals surface area contributed by atoms with E-state index in [2.05, 4.69) is 4.72 Å². The van der Waals surface area contributed by atoms with Crippen LogP contribution in [-0.2, 0) is 15.0 Å². The number of aliphatic carboxylic acids is 1. The van der Waals surface area contributed by atoms with Crippen LogP contribution in [0.4, 0.5) is 0 Å². The predicted molar refractivity (Wildman–Crippen MR) is 80.1 cm³/mol. The highest BCUT2D eigenvalue weighted by molar-refractivity contribution is 7.87. The molecule has 2 N–H and O–H groups in total. The number of piperidine rings is 1. The first-order chi connectivity index (χ1) is 10.0. The molecule has 1 aliphatic heterocycles. The molecule has 1 saturated heterocycles. The topological polar surface area (TPSA) is 86.7 Å². The van der Waals surface area contributed by atoms with Crippen LogP contribution in [0.2, 0.25) is 0 Å². The van der Waals surface area contributed by atoms with Gasteiger partial charge in [0.2, 0.25) is 0 Å². The second-order valence-electron chi connectivity index (χ2n) is 6.13. The summed E-state index contributed by atoms with van der Waals surface area (Å²) in [6.45, 7) is 0.305. The molecule has 1 atom stereocenters. The van der Waals surface area contributed by atoms with Gasteiger partial charge in [0.1, 0.15) is 6.04 Å². The van der Waals surface area contributed by atoms with E-state index < -0.39 is 22.2 Å². The number of carbonyl (C=O) groups is 1. The summed E-state index contributed by atoms with van der Waals surface area (Å²) in [5, 5.41) is 9.23. The number of nitrogens with zero attached hydrogens (tertiary/aromatic N) is 1. The first-order valence-corrected chi connectivity index (χ1v) is 9.46. The maximum Gasteiger partial charge on any atom is 0.322 e. The molecular weight excluding hydrogens is 292 g/mol. The molecule has 1 unspecified atom stereocenters. The Labute approximate surface area is 127 Å². The van der Waals surface area contributed by atoms with Crippen LogP contribution in [-0.4, -0.2) is 42.4 Å². The van der Waals surface area contributed by atoms with Crippen LogP contribution in [0.25, 0.3) is 0 Å². The van der Waals surface area contributed by atoms with Gasteiger partial charge in [0.15, 0.2) is 0 Å². The van der Waals surface area contributed by atoms with Gasteiger partial charge in [-0.25, -0.2) is 0 Å². The van der Waals surface area contributed by atoms with Crippen LogP contribution in [0.3, 0.4) is 0 Å². The standard InChI is InChI=1S/C14H26N2O4S/c17-14(18)13-10-6-7-11-16(13)21(19,20)15-12-8-4-2-1-3-5-9-12/h12-13,15H,1-11H2,(H,17,18). The first kappa shape index (κ1) is 16.7. The lowest BCUT2D eigenvalue weighted by Crippen LogP contribution is -2.54.